The maximum atomic E-state index is 11.6. The van der Waals surface area contributed by atoms with Crippen molar-refractivity contribution in [3.63, 3.8) is 0 Å². The van der Waals surface area contributed by atoms with Gasteiger partial charge in [0, 0.05) is 18.7 Å². The van der Waals surface area contributed by atoms with Crippen LogP contribution in [0, 0.1) is 5.92 Å². The molecule has 0 saturated heterocycles. The van der Waals surface area contributed by atoms with Crippen LogP contribution in [0.4, 0.5) is 0 Å². The Balaban J connectivity index is 2.43. The molecular formula is C15H20N2O2. The van der Waals surface area contributed by atoms with Crippen molar-refractivity contribution in [3.05, 3.63) is 42.0 Å². The number of amides is 2. The predicted molar refractivity (Wildman–Crippen MR) is 76.3 cm³/mol. The zero-order valence-electron chi connectivity index (χ0n) is 11.3. The highest BCUT2D eigenvalue weighted by Crippen LogP contribution is 2.01. The Morgan fingerprint density at radius 1 is 1.26 bits per heavy atom. The van der Waals surface area contributed by atoms with Gasteiger partial charge in [-0.05, 0) is 17.6 Å². The molecule has 0 aliphatic rings. The Bertz CT molecular complexity index is 427. The lowest BCUT2D eigenvalue weighted by Gasteiger charge is -2.19. The molecular weight excluding hydrogens is 240 g/mol. The van der Waals surface area contributed by atoms with Crippen LogP contribution in [0.25, 0.3) is 6.08 Å². The number of hydrogen-bond acceptors (Lipinski definition) is 2. The number of carbonyl (C=O) groups is 2. The molecule has 0 radical (unpaired) electrons. The molecule has 102 valence electrons. The third-order valence-electron chi connectivity index (χ3n) is 2.81. The van der Waals surface area contributed by atoms with Gasteiger partial charge in [0.1, 0.15) is 0 Å². The first-order valence-corrected chi connectivity index (χ1v) is 6.34. The van der Waals surface area contributed by atoms with E-state index in [2.05, 4.69) is 10.6 Å². The van der Waals surface area contributed by atoms with Gasteiger partial charge in [0.05, 0.1) is 0 Å². The zero-order chi connectivity index (χ0) is 14.1. The summed E-state index contributed by atoms with van der Waals surface area (Å²) in [6, 6.07) is 9.56. The summed E-state index contributed by atoms with van der Waals surface area (Å²) >= 11 is 0. The van der Waals surface area contributed by atoms with E-state index in [1.165, 1.54) is 6.08 Å². The number of hydrogen-bond donors (Lipinski definition) is 2. The third kappa shape index (κ3) is 5.86. The van der Waals surface area contributed by atoms with Gasteiger partial charge >= 0.3 is 0 Å². The Morgan fingerprint density at radius 2 is 1.95 bits per heavy atom. The molecule has 4 heteroatoms. The molecule has 2 amide bonds. The van der Waals surface area contributed by atoms with Gasteiger partial charge in [-0.25, -0.2) is 0 Å². The fourth-order valence-electron chi connectivity index (χ4n) is 1.58. The van der Waals surface area contributed by atoms with Gasteiger partial charge in [0.2, 0.25) is 12.3 Å². The minimum absolute atomic E-state index is 0.0495. The van der Waals surface area contributed by atoms with Gasteiger partial charge in [-0.2, -0.15) is 0 Å². The zero-order valence-corrected chi connectivity index (χ0v) is 11.3. The quantitative estimate of drug-likeness (QED) is 0.578. The van der Waals surface area contributed by atoms with Crippen LogP contribution < -0.4 is 10.6 Å². The van der Waals surface area contributed by atoms with E-state index in [1.54, 1.807) is 6.08 Å². The molecule has 0 saturated carbocycles. The van der Waals surface area contributed by atoms with E-state index >= 15 is 0 Å². The normalized spacial score (nSPS) is 12.4. The summed E-state index contributed by atoms with van der Waals surface area (Å²) in [5.41, 5.74) is 0.976. The van der Waals surface area contributed by atoms with Crippen LogP contribution in [-0.4, -0.2) is 24.9 Å². The van der Waals surface area contributed by atoms with Crippen molar-refractivity contribution in [1.82, 2.24) is 10.6 Å². The van der Waals surface area contributed by atoms with E-state index in [9.17, 15) is 9.59 Å². The van der Waals surface area contributed by atoms with Gasteiger partial charge in [0.25, 0.3) is 0 Å². The first kappa shape index (κ1) is 15.0. The van der Waals surface area contributed by atoms with Crippen molar-refractivity contribution in [3.8, 4) is 0 Å². The van der Waals surface area contributed by atoms with Crippen molar-refractivity contribution in [2.45, 2.75) is 19.9 Å². The molecule has 0 heterocycles. The molecule has 0 fully saturated rings. The SMILES string of the molecule is CC(C)C(CNC(=O)/C=C/c1ccccc1)NC=O. The maximum Gasteiger partial charge on any atom is 0.244 e. The van der Waals surface area contributed by atoms with E-state index in [-0.39, 0.29) is 17.9 Å². The van der Waals surface area contributed by atoms with Gasteiger partial charge in [-0.3, -0.25) is 9.59 Å². The van der Waals surface area contributed by atoms with E-state index < -0.39 is 0 Å². The van der Waals surface area contributed by atoms with Gasteiger partial charge in [-0.15, -0.1) is 0 Å². The molecule has 1 unspecified atom stereocenters. The molecule has 1 aromatic rings. The lowest BCUT2D eigenvalue weighted by atomic mass is 10.1. The van der Waals surface area contributed by atoms with E-state index in [1.807, 2.05) is 44.2 Å². The molecule has 4 nitrogen and oxygen atoms in total. The molecule has 0 aliphatic carbocycles. The lowest BCUT2D eigenvalue weighted by molar-refractivity contribution is -0.117. The van der Waals surface area contributed by atoms with Crippen molar-refractivity contribution in [2.75, 3.05) is 6.54 Å². The highest BCUT2D eigenvalue weighted by Gasteiger charge is 2.12. The highest BCUT2D eigenvalue weighted by atomic mass is 16.1. The molecule has 0 aromatic heterocycles. The van der Waals surface area contributed by atoms with Crippen LogP contribution in [0.15, 0.2) is 36.4 Å². The second-order valence-corrected chi connectivity index (χ2v) is 4.62. The minimum Gasteiger partial charge on any atom is -0.354 e. The molecule has 1 aromatic carbocycles. The van der Waals surface area contributed by atoms with E-state index in [0.717, 1.165) is 5.56 Å². The largest absolute Gasteiger partial charge is 0.354 e. The van der Waals surface area contributed by atoms with Crippen molar-refractivity contribution in [2.24, 2.45) is 5.92 Å². The number of carbonyl (C=O) groups excluding carboxylic acids is 2. The fraction of sp³-hybridized carbons (Fsp3) is 0.333. The first-order chi connectivity index (χ1) is 9.13. The molecule has 1 rings (SSSR count). The molecule has 1 atom stereocenters. The smallest absolute Gasteiger partial charge is 0.244 e. The molecule has 0 aliphatic heterocycles. The standard InChI is InChI=1S/C15H20N2O2/c1-12(2)14(17-11-18)10-16-15(19)9-8-13-6-4-3-5-7-13/h3-9,11-12,14H,10H2,1-2H3,(H,16,19)(H,17,18)/b9-8+. The van der Waals surface area contributed by atoms with Crippen LogP contribution in [0.3, 0.4) is 0 Å². The van der Waals surface area contributed by atoms with Gasteiger partial charge in [0.15, 0.2) is 0 Å². The van der Waals surface area contributed by atoms with Crippen molar-refractivity contribution >= 4 is 18.4 Å². The van der Waals surface area contributed by atoms with Crippen molar-refractivity contribution < 1.29 is 9.59 Å². The Kier molecular flexibility index (Phi) is 6.36. The number of rotatable bonds is 7. The third-order valence-corrected chi connectivity index (χ3v) is 2.81. The van der Waals surface area contributed by atoms with Crippen LogP contribution >= 0.6 is 0 Å². The Hall–Kier alpha value is -2.10. The predicted octanol–water partition coefficient (Wildman–Crippen LogP) is 1.59. The summed E-state index contributed by atoms with van der Waals surface area (Å²) in [4.78, 5) is 22.1. The Morgan fingerprint density at radius 3 is 2.53 bits per heavy atom. The molecule has 0 bridgehead atoms. The average molecular weight is 260 g/mol. The van der Waals surface area contributed by atoms with Crippen molar-refractivity contribution in [1.29, 1.82) is 0 Å². The first-order valence-electron chi connectivity index (χ1n) is 6.34. The second kappa shape index (κ2) is 8.08. The topological polar surface area (TPSA) is 58.2 Å². The fourth-order valence-corrected chi connectivity index (χ4v) is 1.58. The highest BCUT2D eigenvalue weighted by molar-refractivity contribution is 5.91. The van der Waals surface area contributed by atoms with E-state index in [0.29, 0.717) is 13.0 Å². The Labute approximate surface area is 113 Å². The average Bonchev–Trinajstić information content (AvgIpc) is 2.42. The summed E-state index contributed by atoms with van der Waals surface area (Å²) in [7, 11) is 0. The molecule has 0 spiro atoms. The van der Waals surface area contributed by atoms with Crippen LogP contribution in [0.2, 0.25) is 0 Å². The summed E-state index contributed by atoms with van der Waals surface area (Å²) in [5.74, 6) is 0.103. The van der Waals surface area contributed by atoms with Crippen LogP contribution in [-0.2, 0) is 9.59 Å². The number of benzene rings is 1. The summed E-state index contributed by atoms with van der Waals surface area (Å²) in [6.45, 7) is 4.41. The second-order valence-electron chi connectivity index (χ2n) is 4.62. The monoisotopic (exact) mass is 260 g/mol. The van der Waals surface area contributed by atoms with E-state index in [4.69, 9.17) is 0 Å². The molecule has 19 heavy (non-hydrogen) atoms. The van der Waals surface area contributed by atoms with Crippen LogP contribution in [0.1, 0.15) is 19.4 Å². The lowest BCUT2D eigenvalue weighted by Crippen LogP contribution is -2.43. The van der Waals surface area contributed by atoms with Gasteiger partial charge in [-0.1, -0.05) is 44.2 Å². The summed E-state index contributed by atoms with van der Waals surface area (Å²) in [6.07, 6.45) is 3.91. The number of nitrogens with one attached hydrogen (secondary N) is 2. The summed E-state index contributed by atoms with van der Waals surface area (Å²) < 4.78 is 0. The maximum absolute atomic E-state index is 11.6. The minimum atomic E-state index is -0.165. The molecule has 2 N–H and O–H groups in total. The summed E-state index contributed by atoms with van der Waals surface area (Å²) in [5, 5.41) is 5.46. The van der Waals surface area contributed by atoms with Gasteiger partial charge < -0.3 is 10.6 Å². The van der Waals surface area contributed by atoms with Crippen LogP contribution in [0.5, 0.6) is 0 Å².